The quantitative estimate of drug-likeness (QED) is 0.185. The third-order valence-corrected chi connectivity index (χ3v) is 7.98. The first-order valence-electron chi connectivity index (χ1n) is 13.4. The number of halogens is 3. The van der Waals surface area contributed by atoms with Gasteiger partial charge in [-0.05, 0) is 84.8 Å². The van der Waals surface area contributed by atoms with Crippen LogP contribution >= 0.6 is 23.2 Å². The Hall–Kier alpha value is -3.07. The molecule has 1 aromatic heterocycles. The van der Waals surface area contributed by atoms with E-state index in [4.69, 9.17) is 23.2 Å². The lowest BCUT2D eigenvalue weighted by Gasteiger charge is -2.36. The van der Waals surface area contributed by atoms with Crippen molar-refractivity contribution in [3.8, 4) is 11.1 Å². The molecule has 0 bridgehead atoms. The molecule has 1 aliphatic heterocycles. The summed E-state index contributed by atoms with van der Waals surface area (Å²) in [7, 11) is 0. The number of benzene rings is 3. The number of hydrogen-bond donors (Lipinski definition) is 3. The molecule has 2 unspecified atom stereocenters. The molecule has 1 aliphatic rings. The summed E-state index contributed by atoms with van der Waals surface area (Å²) in [6.07, 6.45) is 6.28. The van der Waals surface area contributed by atoms with Gasteiger partial charge in [-0.1, -0.05) is 59.6 Å². The average molecular weight is 581 g/mol. The van der Waals surface area contributed by atoms with Crippen molar-refractivity contribution in [2.75, 3.05) is 25.0 Å². The van der Waals surface area contributed by atoms with Crippen LogP contribution in [0.4, 0.5) is 10.1 Å². The van der Waals surface area contributed by atoms with Gasteiger partial charge in [0.2, 0.25) is 0 Å². The summed E-state index contributed by atoms with van der Waals surface area (Å²) in [6, 6.07) is 20.7. The molecule has 4 aromatic rings. The number of likely N-dealkylation sites (tertiary alicyclic amines) is 1. The Kier molecular flexibility index (Phi) is 9.62. The maximum Gasteiger partial charge on any atom is 0.181 e. The number of hydrogen-bond acceptors (Lipinski definition) is 6. The van der Waals surface area contributed by atoms with Gasteiger partial charge in [0.1, 0.15) is 5.82 Å². The fourth-order valence-corrected chi connectivity index (χ4v) is 5.71. The second kappa shape index (κ2) is 13.5. The molecule has 5 rings (SSSR count). The maximum atomic E-state index is 13.5. The van der Waals surface area contributed by atoms with E-state index >= 15 is 0 Å². The zero-order chi connectivity index (χ0) is 27.9. The first-order valence-corrected chi connectivity index (χ1v) is 14.2. The van der Waals surface area contributed by atoms with E-state index in [1.807, 2.05) is 24.4 Å². The lowest BCUT2D eigenvalue weighted by atomic mass is 9.79. The fourth-order valence-electron chi connectivity index (χ4n) is 5.34. The molecule has 2 atom stereocenters. The number of aliphatic hydroxyl groups excluding tert-OH is 1. The Bertz CT molecular complexity index is 1380. The van der Waals surface area contributed by atoms with E-state index < -0.39 is 12.2 Å². The molecular weight excluding hydrogens is 548 g/mol. The topological polar surface area (TPSA) is 73.3 Å². The highest BCUT2D eigenvalue weighted by molar-refractivity contribution is 6.31. The van der Waals surface area contributed by atoms with Crippen LogP contribution in [0.2, 0.25) is 10.0 Å². The van der Waals surface area contributed by atoms with Crippen molar-refractivity contribution in [2.45, 2.75) is 31.7 Å². The van der Waals surface area contributed by atoms with E-state index in [0.717, 1.165) is 49.3 Å². The van der Waals surface area contributed by atoms with Crippen molar-refractivity contribution in [3.05, 3.63) is 112 Å². The summed E-state index contributed by atoms with van der Waals surface area (Å²) >= 11 is 12.1. The van der Waals surface area contributed by atoms with Crippen LogP contribution in [0.5, 0.6) is 0 Å². The number of anilines is 1. The van der Waals surface area contributed by atoms with Crippen molar-refractivity contribution in [3.63, 3.8) is 0 Å². The third-order valence-electron chi connectivity index (χ3n) is 7.45. The zero-order valence-electron chi connectivity index (χ0n) is 22.0. The van der Waals surface area contributed by atoms with Crippen LogP contribution in [-0.4, -0.2) is 46.0 Å². The maximum absolute atomic E-state index is 13.5. The number of piperidine rings is 1. The minimum absolute atomic E-state index is 0.00288. The SMILES string of the molecule is OC(NCC(c1ccc(-c2cccc(Cl)c2)cc1)C1CCN(Cc2cnccn2)CC1)Nc1ccc(F)c(Cl)c1. The first-order chi connectivity index (χ1) is 19.4. The van der Waals surface area contributed by atoms with Gasteiger partial charge in [0.25, 0.3) is 0 Å². The molecule has 0 amide bonds. The normalized spacial score (nSPS) is 16.0. The Morgan fingerprint density at radius 3 is 2.48 bits per heavy atom. The molecular formula is C31H32Cl2FN5O. The van der Waals surface area contributed by atoms with Gasteiger partial charge in [-0.3, -0.25) is 20.2 Å². The van der Waals surface area contributed by atoms with Crippen molar-refractivity contribution >= 4 is 28.9 Å². The van der Waals surface area contributed by atoms with Gasteiger partial charge in [-0.25, -0.2) is 4.39 Å². The smallest absolute Gasteiger partial charge is 0.181 e. The van der Waals surface area contributed by atoms with Crippen molar-refractivity contribution in [1.82, 2.24) is 20.2 Å². The standard InChI is InChI=1S/C31H32Cl2FN5O/c32-25-3-1-2-24(16-25)21-4-6-22(7-5-21)28(19-37-31(40)38-26-8-9-30(34)29(33)17-26)23-10-14-39(15-11-23)20-27-18-35-12-13-36-27/h1-9,12-13,16-18,23,28,31,37-38,40H,10-11,14-15,19-20H2. The average Bonchev–Trinajstić information content (AvgIpc) is 2.97. The Morgan fingerprint density at radius 2 is 1.77 bits per heavy atom. The molecule has 1 saturated heterocycles. The van der Waals surface area contributed by atoms with E-state index in [9.17, 15) is 9.50 Å². The van der Waals surface area contributed by atoms with E-state index in [0.29, 0.717) is 23.2 Å². The zero-order valence-corrected chi connectivity index (χ0v) is 23.5. The highest BCUT2D eigenvalue weighted by atomic mass is 35.5. The Labute approximate surface area is 244 Å². The van der Waals surface area contributed by atoms with Gasteiger partial charge in [-0.15, -0.1) is 0 Å². The van der Waals surface area contributed by atoms with Gasteiger partial charge in [0, 0.05) is 42.4 Å². The van der Waals surface area contributed by atoms with E-state index in [2.05, 4.69) is 55.8 Å². The highest BCUT2D eigenvalue weighted by Gasteiger charge is 2.28. The summed E-state index contributed by atoms with van der Waals surface area (Å²) < 4.78 is 13.5. The first kappa shape index (κ1) is 28.5. The fraction of sp³-hybridized carbons (Fsp3) is 0.290. The molecule has 208 valence electrons. The molecule has 3 N–H and O–H groups in total. The molecule has 6 nitrogen and oxygen atoms in total. The molecule has 2 heterocycles. The van der Waals surface area contributed by atoms with Gasteiger partial charge in [0.05, 0.1) is 10.7 Å². The molecule has 0 aliphatic carbocycles. The minimum atomic E-state index is -1.02. The van der Waals surface area contributed by atoms with Crippen LogP contribution in [-0.2, 0) is 6.54 Å². The summed E-state index contributed by atoms with van der Waals surface area (Å²) in [6.45, 7) is 3.29. The van der Waals surface area contributed by atoms with Gasteiger partial charge < -0.3 is 10.4 Å². The van der Waals surface area contributed by atoms with Crippen molar-refractivity contribution in [2.24, 2.45) is 5.92 Å². The number of aromatic nitrogens is 2. The third kappa shape index (κ3) is 7.56. The molecule has 0 radical (unpaired) electrons. The number of rotatable bonds is 10. The largest absolute Gasteiger partial charge is 0.361 e. The Morgan fingerprint density at radius 1 is 0.975 bits per heavy atom. The van der Waals surface area contributed by atoms with Gasteiger partial charge >= 0.3 is 0 Å². The lowest BCUT2D eigenvalue weighted by Crippen LogP contribution is -2.42. The van der Waals surface area contributed by atoms with Crippen LogP contribution in [0.3, 0.4) is 0 Å². The summed E-state index contributed by atoms with van der Waals surface area (Å²) in [5.41, 5.74) is 4.90. The van der Waals surface area contributed by atoms with E-state index in [1.165, 1.54) is 17.7 Å². The van der Waals surface area contributed by atoms with E-state index in [-0.39, 0.29) is 10.9 Å². The predicted molar refractivity (Wildman–Crippen MR) is 159 cm³/mol. The number of nitrogens with zero attached hydrogens (tertiary/aromatic N) is 3. The summed E-state index contributed by atoms with van der Waals surface area (Å²) in [5, 5.41) is 17.6. The second-order valence-electron chi connectivity index (χ2n) is 10.1. The monoisotopic (exact) mass is 579 g/mol. The van der Waals surface area contributed by atoms with Crippen LogP contribution < -0.4 is 10.6 Å². The van der Waals surface area contributed by atoms with Crippen molar-refractivity contribution in [1.29, 1.82) is 0 Å². The van der Waals surface area contributed by atoms with Crippen LogP contribution in [0, 0.1) is 11.7 Å². The number of nitrogens with one attached hydrogen (secondary N) is 2. The Balaban J connectivity index is 1.28. The van der Waals surface area contributed by atoms with Gasteiger partial charge in [0.15, 0.2) is 6.35 Å². The highest BCUT2D eigenvalue weighted by Crippen LogP contribution is 2.34. The molecule has 40 heavy (non-hydrogen) atoms. The van der Waals surface area contributed by atoms with Crippen LogP contribution in [0.15, 0.2) is 85.3 Å². The summed E-state index contributed by atoms with van der Waals surface area (Å²) in [4.78, 5) is 11.0. The second-order valence-corrected chi connectivity index (χ2v) is 11.0. The lowest BCUT2D eigenvalue weighted by molar-refractivity contribution is 0.137. The van der Waals surface area contributed by atoms with Crippen molar-refractivity contribution < 1.29 is 9.50 Å². The van der Waals surface area contributed by atoms with Gasteiger partial charge in [-0.2, -0.15) is 0 Å². The molecule has 3 aromatic carbocycles. The van der Waals surface area contributed by atoms with Crippen LogP contribution in [0.25, 0.3) is 11.1 Å². The van der Waals surface area contributed by atoms with Crippen LogP contribution in [0.1, 0.15) is 30.0 Å². The minimum Gasteiger partial charge on any atom is -0.361 e. The molecule has 9 heteroatoms. The predicted octanol–water partition coefficient (Wildman–Crippen LogP) is 6.56. The summed E-state index contributed by atoms with van der Waals surface area (Å²) in [5.74, 6) is 0.108. The number of aliphatic hydroxyl groups is 1. The molecule has 0 saturated carbocycles. The molecule has 0 spiro atoms. The van der Waals surface area contributed by atoms with E-state index in [1.54, 1.807) is 18.5 Å². The molecule has 1 fully saturated rings.